The van der Waals surface area contributed by atoms with Crippen molar-refractivity contribution in [3.63, 3.8) is 0 Å². The fourth-order valence-corrected chi connectivity index (χ4v) is 7.75. The molecule has 0 saturated heterocycles. The van der Waals surface area contributed by atoms with E-state index < -0.39 is 0 Å². The molecule has 0 N–H and O–H groups in total. The molecule has 11 aromatic rings. The normalized spacial score (nSPS) is 11.1. The van der Waals surface area contributed by atoms with Gasteiger partial charge in [-0.1, -0.05) is 188 Å². The van der Waals surface area contributed by atoms with Gasteiger partial charge in [-0.25, -0.2) is 29.9 Å². The summed E-state index contributed by atoms with van der Waals surface area (Å²) in [4.78, 5) is 30.0. The van der Waals surface area contributed by atoms with Gasteiger partial charge >= 0.3 is 0 Å². The molecule has 9 heteroatoms. The van der Waals surface area contributed by atoms with Gasteiger partial charge in [-0.3, -0.25) is 0 Å². The molecule has 0 spiro atoms. The number of benzene rings is 8. The van der Waals surface area contributed by atoms with Crippen LogP contribution in [0.2, 0.25) is 0 Å². The molecule has 3 aromatic heterocycles. The Bertz CT molecular complexity index is 3430. The minimum Gasteiger partial charge on any atom is -0.416 e. The highest BCUT2D eigenvalue weighted by Gasteiger charge is 2.19. The van der Waals surface area contributed by atoms with Crippen LogP contribution >= 0.6 is 0 Å². The standard InChI is InChI=1S/C56H36N8O/c1-5-18-37(19-6-1)41-26-15-27-42(34-41)51-57-49(39-22-9-3-10-23-39)58-52(60-51)43-28-16-30-45(35-43)55-63-64-56(65-55)46-31-17-29-44(36-46)53-59-50(40-24-11-4-12-25-40)61-54(62-53)48-33-14-13-32-47(48)38-20-7-2-8-21-38/h1-36H. The second kappa shape index (κ2) is 17.4. The third-order valence-electron chi connectivity index (χ3n) is 11.0. The van der Waals surface area contributed by atoms with Crippen LogP contribution in [0.4, 0.5) is 0 Å². The van der Waals surface area contributed by atoms with Gasteiger partial charge in [-0.05, 0) is 52.6 Å². The van der Waals surface area contributed by atoms with E-state index in [1.54, 1.807) is 0 Å². The third-order valence-corrected chi connectivity index (χ3v) is 11.0. The van der Waals surface area contributed by atoms with Gasteiger partial charge in [-0.15, -0.1) is 10.2 Å². The molecule has 0 aliphatic rings. The maximum Gasteiger partial charge on any atom is 0.248 e. The van der Waals surface area contributed by atoms with Gasteiger partial charge in [0.25, 0.3) is 0 Å². The molecule has 0 aliphatic carbocycles. The molecule has 0 fully saturated rings. The maximum atomic E-state index is 6.40. The SMILES string of the molecule is c1ccc(-c2cccc(-c3nc(-c4ccccc4)nc(-c4cccc(-c5nnc(-c6cccc(-c7nc(-c8ccccc8)nc(-c8ccccc8-c8ccccc8)n7)c6)o5)c4)n3)c2)cc1. The molecule has 306 valence electrons. The van der Waals surface area contributed by atoms with E-state index in [1.165, 1.54) is 0 Å². The Labute approximate surface area is 375 Å². The quantitative estimate of drug-likeness (QED) is 0.133. The summed E-state index contributed by atoms with van der Waals surface area (Å²) in [5, 5.41) is 9.01. The molecule has 65 heavy (non-hydrogen) atoms. The number of hydrogen-bond donors (Lipinski definition) is 0. The molecule has 3 heterocycles. The van der Waals surface area contributed by atoms with Gasteiger partial charge in [0.15, 0.2) is 34.9 Å². The van der Waals surface area contributed by atoms with Crippen LogP contribution < -0.4 is 0 Å². The Morgan fingerprint density at radius 2 is 0.523 bits per heavy atom. The van der Waals surface area contributed by atoms with Crippen LogP contribution in [0.15, 0.2) is 223 Å². The third kappa shape index (κ3) is 8.20. The Kier molecular flexibility index (Phi) is 10.4. The van der Waals surface area contributed by atoms with Crippen molar-refractivity contribution in [2.45, 2.75) is 0 Å². The zero-order valence-electron chi connectivity index (χ0n) is 34.8. The van der Waals surface area contributed by atoms with Crippen molar-refractivity contribution in [1.29, 1.82) is 0 Å². The predicted molar refractivity (Wildman–Crippen MR) is 255 cm³/mol. The highest BCUT2D eigenvalue weighted by Crippen LogP contribution is 2.35. The lowest BCUT2D eigenvalue weighted by molar-refractivity contribution is 0.584. The van der Waals surface area contributed by atoms with Gasteiger partial charge in [-0.2, -0.15) is 0 Å². The molecule has 0 amide bonds. The molecule has 8 aromatic carbocycles. The minimum absolute atomic E-state index is 0.353. The van der Waals surface area contributed by atoms with Crippen molar-refractivity contribution in [2.24, 2.45) is 0 Å². The fraction of sp³-hybridized carbons (Fsp3) is 0. The van der Waals surface area contributed by atoms with Crippen LogP contribution in [0.3, 0.4) is 0 Å². The molecule has 9 nitrogen and oxygen atoms in total. The van der Waals surface area contributed by atoms with E-state index in [0.29, 0.717) is 46.7 Å². The zero-order chi connectivity index (χ0) is 43.4. The van der Waals surface area contributed by atoms with Gasteiger partial charge in [0, 0.05) is 44.5 Å². The molecule has 0 saturated carbocycles. The Morgan fingerprint density at radius 1 is 0.215 bits per heavy atom. The lowest BCUT2D eigenvalue weighted by Crippen LogP contribution is -2.01. The Balaban J connectivity index is 0.941. The van der Waals surface area contributed by atoms with Gasteiger partial charge in [0.2, 0.25) is 11.8 Å². The second-order valence-corrected chi connectivity index (χ2v) is 15.3. The summed E-state index contributed by atoms with van der Waals surface area (Å²) >= 11 is 0. The number of nitrogens with zero attached hydrogens (tertiary/aromatic N) is 8. The second-order valence-electron chi connectivity index (χ2n) is 15.3. The summed E-state index contributed by atoms with van der Waals surface area (Å²) in [5.41, 5.74) is 10.8. The van der Waals surface area contributed by atoms with Crippen LogP contribution in [0.25, 0.3) is 113 Å². The van der Waals surface area contributed by atoms with E-state index in [1.807, 2.05) is 170 Å². The summed E-state index contributed by atoms with van der Waals surface area (Å²) < 4.78 is 6.40. The van der Waals surface area contributed by atoms with E-state index in [2.05, 4.69) is 58.7 Å². The average Bonchev–Trinajstić information content (AvgIpc) is 3.91. The van der Waals surface area contributed by atoms with Crippen molar-refractivity contribution in [1.82, 2.24) is 40.1 Å². The topological polar surface area (TPSA) is 116 Å². The lowest BCUT2D eigenvalue weighted by atomic mass is 9.99. The first kappa shape index (κ1) is 38.8. The molecule has 0 aliphatic heterocycles. The van der Waals surface area contributed by atoms with E-state index in [9.17, 15) is 0 Å². The molecule has 0 unspecified atom stereocenters. The number of rotatable bonds is 10. The van der Waals surface area contributed by atoms with Crippen LogP contribution in [0.5, 0.6) is 0 Å². The maximum absolute atomic E-state index is 6.40. The smallest absolute Gasteiger partial charge is 0.248 e. The summed E-state index contributed by atoms with van der Waals surface area (Å²) in [6.45, 7) is 0. The Morgan fingerprint density at radius 3 is 0.985 bits per heavy atom. The van der Waals surface area contributed by atoms with Gasteiger partial charge < -0.3 is 4.42 Å². The van der Waals surface area contributed by atoms with Gasteiger partial charge in [0.05, 0.1) is 0 Å². The molecule has 0 bridgehead atoms. The number of aromatic nitrogens is 8. The van der Waals surface area contributed by atoms with Crippen molar-refractivity contribution in [2.75, 3.05) is 0 Å². The van der Waals surface area contributed by atoms with Crippen molar-refractivity contribution >= 4 is 0 Å². The highest BCUT2D eigenvalue weighted by atomic mass is 16.4. The van der Waals surface area contributed by atoms with E-state index in [-0.39, 0.29) is 0 Å². The first-order valence-corrected chi connectivity index (χ1v) is 21.2. The van der Waals surface area contributed by atoms with Crippen molar-refractivity contribution < 1.29 is 4.42 Å². The van der Waals surface area contributed by atoms with Gasteiger partial charge in [0.1, 0.15) is 0 Å². The molecular formula is C56H36N8O. The lowest BCUT2D eigenvalue weighted by Gasteiger charge is -2.12. The first-order valence-electron chi connectivity index (χ1n) is 21.2. The average molecular weight is 837 g/mol. The molecule has 0 atom stereocenters. The summed E-state index contributed by atoms with van der Waals surface area (Å²) in [7, 11) is 0. The van der Waals surface area contributed by atoms with Crippen LogP contribution in [0, 0.1) is 0 Å². The minimum atomic E-state index is 0.353. The van der Waals surface area contributed by atoms with Crippen LogP contribution in [-0.4, -0.2) is 40.1 Å². The molecular weight excluding hydrogens is 801 g/mol. The fourth-order valence-electron chi connectivity index (χ4n) is 7.75. The van der Waals surface area contributed by atoms with Crippen molar-refractivity contribution in [3.05, 3.63) is 218 Å². The predicted octanol–water partition coefficient (Wildman–Crippen LogP) is 13.1. The monoisotopic (exact) mass is 836 g/mol. The first-order chi connectivity index (χ1) is 32.2. The molecule has 11 rings (SSSR count). The zero-order valence-corrected chi connectivity index (χ0v) is 34.8. The number of hydrogen-bond acceptors (Lipinski definition) is 9. The van der Waals surface area contributed by atoms with E-state index in [4.69, 9.17) is 34.3 Å². The summed E-state index contributed by atoms with van der Waals surface area (Å²) in [6, 6.07) is 72.5. The van der Waals surface area contributed by atoms with Crippen LogP contribution in [0.1, 0.15) is 0 Å². The highest BCUT2D eigenvalue weighted by molar-refractivity contribution is 5.82. The Hall–Kier alpha value is -9.08. The van der Waals surface area contributed by atoms with Crippen LogP contribution in [-0.2, 0) is 0 Å². The largest absolute Gasteiger partial charge is 0.416 e. The molecule has 0 radical (unpaired) electrons. The summed E-state index contributed by atoms with van der Waals surface area (Å²) in [5.74, 6) is 4.02. The summed E-state index contributed by atoms with van der Waals surface area (Å²) in [6.07, 6.45) is 0. The van der Waals surface area contributed by atoms with Crippen molar-refractivity contribution in [3.8, 4) is 113 Å². The van der Waals surface area contributed by atoms with E-state index >= 15 is 0 Å². The van der Waals surface area contributed by atoms with E-state index in [0.717, 1.165) is 66.8 Å².